The third kappa shape index (κ3) is 2.11. The van der Waals surface area contributed by atoms with Gasteiger partial charge in [-0.15, -0.1) is 11.3 Å². The van der Waals surface area contributed by atoms with Gasteiger partial charge in [-0.25, -0.2) is 4.39 Å². The third-order valence-electron chi connectivity index (χ3n) is 3.82. The van der Waals surface area contributed by atoms with Crippen molar-refractivity contribution in [2.24, 2.45) is 5.73 Å². The maximum atomic E-state index is 14.0. The highest BCUT2D eigenvalue weighted by molar-refractivity contribution is 7.80. The fraction of sp³-hybridized carbons (Fsp3) is 0.267. The van der Waals surface area contributed by atoms with Crippen molar-refractivity contribution >= 4 is 34.2 Å². The first-order valence-corrected chi connectivity index (χ1v) is 7.79. The molecule has 2 nitrogen and oxygen atoms in total. The number of nitrogens with two attached hydrogens (primary N) is 1. The Labute approximate surface area is 127 Å². The van der Waals surface area contributed by atoms with Crippen molar-refractivity contribution in [3.05, 3.63) is 51.5 Å². The van der Waals surface area contributed by atoms with E-state index in [1.165, 1.54) is 16.5 Å². The minimum absolute atomic E-state index is 0.112. The van der Waals surface area contributed by atoms with E-state index in [-0.39, 0.29) is 16.8 Å². The van der Waals surface area contributed by atoms with E-state index >= 15 is 0 Å². The second-order valence-electron chi connectivity index (χ2n) is 4.92. The van der Waals surface area contributed by atoms with Gasteiger partial charge in [0.15, 0.2) is 0 Å². The standard InChI is InChI=1S/C15H15FN2S2/c1-9-10-6-8-20-13(10)5-7-18(9)12-4-2-3-11(16)14(12)15(17)19/h2-4,6,8-9H,5,7H2,1H3,(H2,17,19). The van der Waals surface area contributed by atoms with Gasteiger partial charge in [-0.2, -0.15) is 0 Å². The fourth-order valence-corrected chi connectivity index (χ4v) is 4.00. The predicted octanol–water partition coefficient (Wildman–Crippen LogP) is 3.65. The zero-order valence-corrected chi connectivity index (χ0v) is 12.7. The summed E-state index contributed by atoms with van der Waals surface area (Å²) >= 11 is 6.81. The lowest BCUT2D eigenvalue weighted by Crippen LogP contribution is -2.34. The third-order valence-corrected chi connectivity index (χ3v) is 5.03. The van der Waals surface area contributed by atoms with Crippen LogP contribution in [0.3, 0.4) is 0 Å². The van der Waals surface area contributed by atoms with Crippen molar-refractivity contribution in [3.63, 3.8) is 0 Å². The normalized spacial score (nSPS) is 17.9. The number of hydrogen-bond acceptors (Lipinski definition) is 3. The van der Waals surface area contributed by atoms with Gasteiger partial charge in [0.05, 0.1) is 17.3 Å². The van der Waals surface area contributed by atoms with Crippen LogP contribution in [0.2, 0.25) is 0 Å². The number of fused-ring (bicyclic) bond motifs is 1. The molecule has 1 unspecified atom stereocenters. The Hall–Kier alpha value is -1.46. The van der Waals surface area contributed by atoms with Crippen LogP contribution in [-0.2, 0) is 6.42 Å². The highest BCUT2D eigenvalue weighted by atomic mass is 32.1. The van der Waals surface area contributed by atoms with Crippen LogP contribution in [-0.4, -0.2) is 11.5 Å². The largest absolute Gasteiger partial charge is 0.389 e. The van der Waals surface area contributed by atoms with Crippen molar-refractivity contribution in [2.75, 3.05) is 11.4 Å². The van der Waals surface area contributed by atoms with Crippen molar-refractivity contribution < 1.29 is 4.39 Å². The highest BCUT2D eigenvalue weighted by Gasteiger charge is 2.27. The van der Waals surface area contributed by atoms with E-state index < -0.39 is 0 Å². The van der Waals surface area contributed by atoms with E-state index in [1.54, 1.807) is 17.4 Å². The van der Waals surface area contributed by atoms with Gasteiger partial charge < -0.3 is 10.6 Å². The zero-order valence-electron chi connectivity index (χ0n) is 11.1. The molecule has 0 fully saturated rings. The Morgan fingerprint density at radius 1 is 1.45 bits per heavy atom. The Bertz CT molecular complexity index is 666. The molecule has 0 amide bonds. The average Bonchev–Trinajstić information content (AvgIpc) is 2.87. The molecule has 3 rings (SSSR count). The molecule has 1 aromatic heterocycles. The minimum atomic E-state index is -0.349. The van der Waals surface area contributed by atoms with Crippen LogP contribution in [0.15, 0.2) is 29.6 Å². The molecular weight excluding hydrogens is 291 g/mol. The van der Waals surface area contributed by atoms with Gasteiger partial charge in [0.2, 0.25) is 0 Å². The Balaban J connectivity index is 2.07. The monoisotopic (exact) mass is 306 g/mol. The van der Waals surface area contributed by atoms with Gasteiger partial charge in [0.25, 0.3) is 0 Å². The lowest BCUT2D eigenvalue weighted by Gasteiger charge is -2.36. The molecule has 0 spiro atoms. The van der Waals surface area contributed by atoms with Crippen molar-refractivity contribution in [1.29, 1.82) is 0 Å². The number of thiophene rings is 1. The summed E-state index contributed by atoms with van der Waals surface area (Å²) in [6.07, 6.45) is 0.977. The summed E-state index contributed by atoms with van der Waals surface area (Å²) in [6, 6.07) is 7.37. The molecule has 2 heterocycles. The van der Waals surface area contributed by atoms with E-state index in [0.29, 0.717) is 5.56 Å². The Morgan fingerprint density at radius 2 is 2.25 bits per heavy atom. The highest BCUT2D eigenvalue weighted by Crippen LogP contribution is 2.37. The van der Waals surface area contributed by atoms with Crippen LogP contribution in [0.25, 0.3) is 0 Å². The Kier molecular flexibility index (Phi) is 3.48. The second-order valence-corrected chi connectivity index (χ2v) is 6.36. The quantitative estimate of drug-likeness (QED) is 0.859. The average molecular weight is 306 g/mol. The number of halogens is 1. The summed E-state index contributed by atoms with van der Waals surface area (Å²) < 4.78 is 14.0. The number of nitrogens with zero attached hydrogens (tertiary/aromatic N) is 1. The van der Waals surface area contributed by atoms with Crippen LogP contribution in [0.1, 0.15) is 29.0 Å². The summed E-state index contributed by atoms with van der Waals surface area (Å²) in [6.45, 7) is 2.99. The zero-order chi connectivity index (χ0) is 14.3. The molecule has 2 aromatic rings. The lowest BCUT2D eigenvalue weighted by atomic mass is 9.99. The summed E-state index contributed by atoms with van der Waals surface area (Å²) in [5.41, 5.74) is 8.18. The molecule has 0 radical (unpaired) electrons. The molecular formula is C15H15FN2S2. The van der Waals surface area contributed by atoms with Crippen LogP contribution < -0.4 is 10.6 Å². The van der Waals surface area contributed by atoms with Crippen molar-refractivity contribution in [2.45, 2.75) is 19.4 Å². The molecule has 1 aliphatic rings. The first-order chi connectivity index (χ1) is 9.59. The molecule has 5 heteroatoms. The maximum absolute atomic E-state index is 14.0. The molecule has 104 valence electrons. The van der Waals surface area contributed by atoms with Gasteiger partial charge in [0, 0.05) is 11.4 Å². The smallest absolute Gasteiger partial charge is 0.135 e. The summed E-state index contributed by atoms with van der Waals surface area (Å²) in [5.74, 6) is -0.349. The summed E-state index contributed by atoms with van der Waals surface area (Å²) in [5, 5.41) is 2.12. The molecule has 0 saturated heterocycles. The molecule has 0 bridgehead atoms. The van der Waals surface area contributed by atoms with Crippen LogP contribution >= 0.6 is 23.6 Å². The van der Waals surface area contributed by atoms with Gasteiger partial charge >= 0.3 is 0 Å². The van der Waals surface area contributed by atoms with E-state index in [2.05, 4.69) is 23.3 Å². The van der Waals surface area contributed by atoms with Gasteiger partial charge in [-0.05, 0) is 42.5 Å². The maximum Gasteiger partial charge on any atom is 0.135 e. The number of rotatable bonds is 2. The summed E-state index contributed by atoms with van der Waals surface area (Å²) in [7, 11) is 0. The van der Waals surface area contributed by atoms with Crippen molar-refractivity contribution in [1.82, 2.24) is 0 Å². The minimum Gasteiger partial charge on any atom is -0.389 e. The van der Waals surface area contributed by atoms with Gasteiger partial charge in [0.1, 0.15) is 10.8 Å². The summed E-state index contributed by atoms with van der Waals surface area (Å²) in [4.78, 5) is 3.72. The topological polar surface area (TPSA) is 29.3 Å². The predicted molar refractivity (Wildman–Crippen MR) is 86.1 cm³/mol. The molecule has 1 aliphatic heterocycles. The second kappa shape index (κ2) is 5.14. The Morgan fingerprint density at radius 3 is 3.00 bits per heavy atom. The van der Waals surface area contributed by atoms with E-state index in [0.717, 1.165) is 18.7 Å². The number of thiocarbonyl (C=S) groups is 1. The number of hydrogen-bond donors (Lipinski definition) is 1. The van der Waals surface area contributed by atoms with Gasteiger partial charge in [-0.3, -0.25) is 0 Å². The molecule has 20 heavy (non-hydrogen) atoms. The van der Waals surface area contributed by atoms with Crippen LogP contribution in [0.5, 0.6) is 0 Å². The van der Waals surface area contributed by atoms with Crippen LogP contribution in [0.4, 0.5) is 10.1 Å². The van der Waals surface area contributed by atoms with Crippen LogP contribution in [0, 0.1) is 5.82 Å². The molecule has 2 N–H and O–H groups in total. The molecule has 0 aliphatic carbocycles. The fourth-order valence-electron chi connectivity index (χ4n) is 2.83. The van der Waals surface area contributed by atoms with Crippen molar-refractivity contribution in [3.8, 4) is 0 Å². The molecule has 0 saturated carbocycles. The lowest BCUT2D eigenvalue weighted by molar-refractivity contribution is 0.609. The first-order valence-electron chi connectivity index (χ1n) is 6.51. The van der Waals surface area contributed by atoms with E-state index in [9.17, 15) is 4.39 Å². The number of benzene rings is 1. The first kappa shape index (κ1) is 13.5. The van der Waals surface area contributed by atoms with Gasteiger partial charge in [-0.1, -0.05) is 18.3 Å². The van der Waals surface area contributed by atoms with E-state index in [1.807, 2.05) is 6.07 Å². The molecule has 1 atom stereocenters. The molecule has 1 aromatic carbocycles. The SMILES string of the molecule is CC1c2ccsc2CCN1c1cccc(F)c1C(N)=S. The van der Waals surface area contributed by atoms with E-state index in [4.69, 9.17) is 18.0 Å². The number of anilines is 1.